The summed E-state index contributed by atoms with van der Waals surface area (Å²) in [5.41, 5.74) is -0.488. The van der Waals surface area contributed by atoms with E-state index in [2.05, 4.69) is 15.9 Å². The first-order valence-corrected chi connectivity index (χ1v) is 7.21. The molecule has 1 saturated heterocycles. The zero-order valence-corrected chi connectivity index (χ0v) is 12.4. The number of halogens is 1. The number of hydrogen-bond acceptors (Lipinski definition) is 3. The van der Waals surface area contributed by atoms with Gasteiger partial charge in [0.2, 0.25) is 0 Å². The summed E-state index contributed by atoms with van der Waals surface area (Å²) in [5.74, 6) is 0. The number of piperidine rings is 1. The largest absolute Gasteiger partial charge is 0.444 e. The first-order valence-electron chi connectivity index (χ1n) is 6.09. The third kappa shape index (κ3) is 4.47. The van der Waals surface area contributed by atoms with Crippen molar-refractivity contribution < 1.29 is 14.6 Å². The maximum absolute atomic E-state index is 12.0. The first-order chi connectivity index (χ1) is 7.85. The van der Waals surface area contributed by atoms with E-state index in [4.69, 9.17) is 4.74 Å². The monoisotopic (exact) mass is 307 g/mol. The lowest BCUT2D eigenvalue weighted by Crippen LogP contribution is -2.51. The van der Waals surface area contributed by atoms with Gasteiger partial charge >= 0.3 is 6.09 Å². The van der Waals surface area contributed by atoms with E-state index in [1.54, 1.807) is 4.90 Å². The van der Waals surface area contributed by atoms with Gasteiger partial charge in [0.1, 0.15) is 5.60 Å². The molecule has 2 unspecified atom stereocenters. The molecule has 17 heavy (non-hydrogen) atoms. The normalized spacial score (nSPS) is 23.4. The molecule has 5 heteroatoms. The summed E-state index contributed by atoms with van der Waals surface area (Å²) in [6, 6.07) is -0.127. The fraction of sp³-hybridized carbons (Fsp3) is 0.917. The van der Waals surface area contributed by atoms with Crippen molar-refractivity contribution in [3.8, 4) is 0 Å². The van der Waals surface area contributed by atoms with Crippen LogP contribution in [0.15, 0.2) is 0 Å². The Morgan fingerprint density at radius 1 is 1.53 bits per heavy atom. The number of amides is 1. The van der Waals surface area contributed by atoms with E-state index in [1.807, 2.05) is 20.8 Å². The molecule has 100 valence electrons. The second-order valence-electron chi connectivity index (χ2n) is 5.46. The number of aliphatic hydroxyl groups is 1. The summed E-state index contributed by atoms with van der Waals surface area (Å²) in [5, 5.41) is 10.4. The molecule has 1 heterocycles. The third-order valence-electron chi connectivity index (χ3n) is 2.78. The van der Waals surface area contributed by atoms with Gasteiger partial charge in [0.25, 0.3) is 0 Å². The summed E-state index contributed by atoms with van der Waals surface area (Å²) in [6.07, 6.45) is 2.02. The molecule has 1 amide bonds. The lowest BCUT2D eigenvalue weighted by molar-refractivity contribution is -0.0114. The Bertz CT molecular complexity index is 265. The minimum atomic E-state index is -0.525. The molecule has 0 aromatic carbocycles. The Balaban J connectivity index is 2.67. The highest BCUT2D eigenvalue weighted by Gasteiger charge is 2.34. The predicted octanol–water partition coefficient (Wildman–Crippen LogP) is 2.53. The molecule has 1 aliphatic rings. The fourth-order valence-corrected chi connectivity index (χ4v) is 2.44. The second-order valence-corrected chi connectivity index (χ2v) is 6.11. The molecule has 2 atom stereocenters. The van der Waals surface area contributed by atoms with E-state index in [0.717, 1.165) is 19.3 Å². The number of likely N-dealkylation sites (tertiary alicyclic amines) is 1. The highest BCUT2D eigenvalue weighted by atomic mass is 79.9. The van der Waals surface area contributed by atoms with Crippen molar-refractivity contribution in [1.82, 2.24) is 4.90 Å². The zero-order valence-electron chi connectivity index (χ0n) is 10.8. The summed E-state index contributed by atoms with van der Waals surface area (Å²) in [4.78, 5) is 13.7. The average Bonchev–Trinajstić information content (AvgIpc) is 2.25. The predicted molar refractivity (Wildman–Crippen MR) is 70.4 cm³/mol. The van der Waals surface area contributed by atoms with Crippen molar-refractivity contribution in [3.63, 3.8) is 0 Å². The number of carbonyl (C=O) groups excluding carboxylic acids is 1. The van der Waals surface area contributed by atoms with Gasteiger partial charge in [-0.15, -0.1) is 0 Å². The Hall–Kier alpha value is -0.290. The molecular formula is C12H22BrNO3. The van der Waals surface area contributed by atoms with Gasteiger partial charge in [-0.1, -0.05) is 15.9 Å². The maximum Gasteiger partial charge on any atom is 0.410 e. The van der Waals surface area contributed by atoms with Crippen LogP contribution in [0.5, 0.6) is 0 Å². The molecule has 1 aliphatic heterocycles. The van der Waals surface area contributed by atoms with Crippen LogP contribution in [-0.2, 0) is 4.74 Å². The quantitative estimate of drug-likeness (QED) is 0.798. The molecule has 1 fully saturated rings. The number of hydrogen-bond donors (Lipinski definition) is 1. The lowest BCUT2D eigenvalue weighted by Gasteiger charge is -2.38. The first kappa shape index (κ1) is 14.8. The van der Waals surface area contributed by atoms with Gasteiger partial charge in [-0.2, -0.15) is 0 Å². The van der Waals surface area contributed by atoms with Gasteiger partial charge in [0.05, 0.1) is 12.1 Å². The number of alkyl halides is 1. The minimum Gasteiger partial charge on any atom is -0.444 e. The van der Waals surface area contributed by atoms with E-state index in [-0.39, 0.29) is 12.1 Å². The Kier molecular flexibility index (Phi) is 5.25. The Morgan fingerprint density at radius 2 is 2.18 bits per heavy atom. The van der Waals surface area contributed by atoms with Crippen LogP contribution in [-0.4, -0.2) is 45.7 Å². The van der Waals surface area contributed by atoms with Crippen molar-refractivity contribution in [2.45, 2.75) is 57.8 Å². The maximum atomic E-state index is 12.0. The van der Waals surface area contributed by atoms with Gasteiger partial charge in [-0.3, -0.25) is 0 Å². The van der Waals surface area contributed by atoms with Crippen LogP contribution in [0.4, 0.5) is 4.79 Å². The van der Waals surface area contributed by atoms with Crippen molar-refractivity contribution in [2.24, 2.45) is 0 Å². The highest BCUT2D eigenvalue weighted by molar-refractivity contribution is 9.09. The molecule has 4 nitrogen and oxygen atoms in total. The standard InChI is InChI=1S/C12H22BrNO3/c1-12(2,3)17-11(16)14-7-5-4-6-9(14)10(15)8-13/h9-10,15H,4-8H2,1-3H3. The van der Waals surface area contributed by atoms with Crippen molar-refractivity contribution in [3.05, 3.63) is 0 Å². The molecule has 0 aliphatic carbocycles. The molecule has 0 radical (unpaired) electrons. The van der Waals surface area contributed by atoms with Crippen molar-refractivity contribution in [2.75, 3.05) is 11.9 Å². The summed E-state index contributed by atoms with van der Waals surface area (Å²) in [7, 11) is 0. The molecule has 0 aromatic rings. The molecule has 0 bridgehead atoms. The smallest absolute Gasteiger partial charge is 0.410 e. The van der Waals surface area contributed by atoms with Gasteiger partial charge in [-0.05, 0) is 40.0 Å². The van der Waals surface area contributed by atoms with Crippen LogP contribution in [0.25, 0.3) is 0 Å². The number of aliphatic hydroxyl groups excluding tert-OH is 1. The number of ether oxygens (including phenoxy) is 1. The van der Waals surface area contributed by atoms with E-state index in [9.17, 15) is 9.90 Å². The Labute approximate surface area is 111 Å². The summed E-state index contributed by atoms with van der Waals surface area (Å²) in [6.45, 7) is 6.23. The summed E-state index contributed by atoms with van der Waals surface area (Å²) >= 11 is 3.26. The van der Waals surface area contributed by atoms with E-state index in [1.165, 1.54) is 0 Å². The highest BCUT2D eigenvalue weighted by Crippen LogP contribution is 2.23. The topological polar surface area (TPSA) is 49.8 Å². The van der Waals surface area contributed by atoms with Crippen LogP contribution < -0.4 is 0 Å². The van der Waals surface area contributed by atoms with E-state index < -0.39 is 11.7 Å². The van der Waals surface area contributed by atoms with Crippen molar-refractivity contribution >= 4 is 22.0 Å². The average molecular weight is 308 g/mol. The van der Waals surface area contributed by atoms with E-state index in [0.29, 0.717) is 11.9 Å². The van der Waals surface area contributed by atoms with E-state index >= 15 is 0 Å². The van der Waals surface area contributed by atoms with Crippen LogP contribution in [0.2, 0.25) is 0 Å². The lowest BCUT2D eigenvalue weighted by atomic mass is 9.99. The van der Waals surface area contributed by atoms with Gasteiger partial charge in [0.15, 0.2) is 0 Å². The molecule has 0 saturated carbocycles. The van der Waals surface area contributed by atoms with Gasteiger partial charge in [0, 0.05) is 11.9 Å². The van der Waals surface area contributed by atoms with Crippen LogP contribution in [0, 0.1) is 0 Å². The number of rotatable bonds is 2. The molecule has 1 rings (SSSR count). The van der Waals surface area contributed by atoms with Crippen LogP contribution in [0.1, 0.15) is 40.0 Å². The van der Waals surface area contributed by atoms with Gasteiger partial charge < -0.3 is 14.7 Å². The molecular weight excluding hydrogens is 286 g/mol. The molecule has 0 aromatic heterocycles. The number of carbonyl (C=O) groups is 1. The zero-order chi connectivity index (χ0) is 13.1. The number of nitrogens with zero attached hydrogens (tertiary/aromatic N) is 1. The molecule has 1 N–H and O–H groups in total. The van der Waals surface area contributed by atoms with Crippen LogP contribution >= 0.6 is 15.9 Å². The van der Waals surface area contributed by atoms with Crippen molar-refractivity contribution in [1.29, 1.82) is 0 Å². The fourth-order valence-electron chi connectivity index (χ4n) is 2.01. The third-order valence-corrected chi connectivity index (χ3v) is 3.44. The SMILES string of the molecule is CC(C)(C)OC(=O)N1CCCCC1C(O)CBr. The summed E-state index contributed by atoms with van der Waals surface area (Å²) < 4.78 is 5.36. The van der Waals surface area contributed by atoms with Gasteiger partial charge in [-0.25, -0.2) is 4.79 Å². The minimum absolute atomic E-state index is 0.127. The van der Waals surface area contributed by atoms with Crippen LogP contribution in [0.3, 0.4) is 0 Å². The Morgan fingerprint density at radius 3 is 2.71 bits per heavy atom. The molecule has 0 spiro atoms. The second kappa shape index (κ2) is 6.05.